The number of carbonyl (C=O) groups is 2. The summed E-state index contributed by atoms with van der Waals surface area (Å²) in [5.41, 5.74) is 5.47. The third kappa shape index (κ3) is 11.6. The van der Waals surface area contributed by atoms with Crippen LogP contribution in [0, 0.1) is 17.7 Å². The number of alkyl halides is 3. The van der Waals surface area contributed by atoms with Gasteiger partial charge in [0.1, 0.15) is 11.4 Å². The van der Waals surface area contributed by atoms with Crippen molar-refractivity contribution in [3.8, 4) is 0 Å². The number of benzene rings is 2. The Morgan fingerprint density at radius 3 is 2.07 bits per heavy atom. The van der Waals surface area contributed by atoms with Gasteiger partial charge >= 0.3 is 18.2 Å². The third-order valence-electron chi connectivity index (χ3n) is 6.73. The fourth-order valence-electron chi connectivity index (χ4n) is 4.46. The molecule has 0 radical (unpaired) electrons. The molecule has 0 unspecified atom stereocenters. The Morgan fingerprint density at radius 2 is 1.50 bits per heavy atom. The molecule has 1 aliphatic rings. The number of nitrogens with zero attached hydrogens (tertiary/aromatic N) is 2. The summed E-state index contributed by atoms with van der Waals surface area (Å²) in [5.74, 6) is -1.71. The lowest BCUT2D eigenvalue weighted by Crippen LogP contribution is -2.36. The van der Waals surface area contributed by atoms with Crippen LogP contribution in [0.2, 0.25) is 0 Å². The molecule has 3 aromatic rings. The van der Waals surface area contributed by atoms with Gasteiger partial charge in [0.05, 0.1) is 10.4 Å². The van der Waals surface area contributed by atoms with Crippen LogP contribution in [-0.4, -0.2) is 60.4 Å². The van der Waals surface area contributed by atoms with Crippen LogP contribution in [0.25, 0.3) is 10.9 Å². The number of halogens is 4. The van der Waals surface area contributed by atoms with Crippen molar-refractivity contribution >= 4 is 44.8 Å². The van der Waals surface area contributed by atoms with E-state index in [4.69, 9.17) is 14.6 Å². The number of carboxylic acids is 1. The summed E-state index contributed by atoms with van der Waals surface area (Å²) >= 11 is 0. The number of para-hydroxylation sites is 1. The molecule has 0 spiro atoms. The normalized spacial score (nSPS) is 16.9. The summed E-state index contributed by atoms with van der Waals surface area (Å²) in [6.07, 6.45) is -2.03. The average molecular weight is 673 g/mol. The first-order valence-electron chi connectivity index (χ1n) is 14.2. The number of aromatic nitrogens is 2. The predicted molar refractivity (Wildman–Crippen MR) is 162 cm³/mol. The van der Waals surface area contributed by atoms with Crippen molar-refractivity contribution in [3.63, 3.8) is 0 Å². The van der Waals surface area contributed by atoms with Crippen molar-refractivity contribution in [2.24, 2.45) is 11.8 Å². The van der Waals surface area contributed by atoms with Gasteiger partial charge in [-0.2, -0.15) is 18.2 Å². The molecule has 1 saturated carbocycles. The Balaban J connectivity index is 0.000000738. The van der Waals surface area contributed by atoms with Gasteiger partial charge in [0.2, 0.25) is 16.0 Å². The summed E-state index contributed by atoms with van der Waals surface area (Å²) in [6.45, 7) is 6.39. The van der Waals surface area contributed by atoms with Gasteiger partial charge in [-0.3, -0.25) is 5.43 Å². The topological polar surface area (TPSA) is 172 Å². The molecule has 12 nitrogen and oxygen atoms in total. The Kier molecular flexibility index (Phi) is 12.1. The van der Waals surface area contributed by atoms with E-state index in [1.165, 1.54) is 12.1 Å². The Labute approximate surface area is 263 Å². The van der Waals surface area contributed by atoms with E-state index >= 15 is 0 Å². The summed E-state index contributed by atoms with van der Waals surface area (Å²) in [6, 6.07) is 12.3. The van der Waals surface area contributed by atoms with Crippen LogP contribution in [-0.2, 0) is 19.6 Å². The maximum atomic E-state index is 13.1. The molecule has 1 amide bonds. The number of anilines is 2. The number of hydrogen-bond acceptors (Lipinski definition) is 9. The second kappa shape index (κ2) is 15.4. The molecule has 0 saturated heterocycles. The first-order valence-corrected chi connectivity index (χ1v) is 15.7. The fourth-order valence-corrected chi connectivity index (χ4v) is 5.58. The number of sulfonamides is 1. The second-order valence-corrected chi connectivity index (χ2v) is 13.3. The number of carboxylic acid groups (broad SMARTS) is 1. The minimum Gasteiger partial charge on any atom is -0.475 e. The number of aliphatic carboxylic acids is 1. The molecule has 1 heterocycles. The minimum atomic E-state index is -5.08. The van der Waals surface area contributed by atoms with E-state index in [1.54, 1.807) is 20.8 Å². The van der Waals surface area contributed by atoms with Crippen LogP contribution < -0.4 is 20.9 Å². The van der Waals surface area contributed by atoms with E-state index in [2.05, 4.69) is 30.9 Å². The monoisotopic (exact) mass is 672 g/mol. The summed E-state index contributed by atoms with van der Waals surface area (Å²) in [4.78, 5) is 30.2. The van der Waals surface area contributed by atoms with Crippen molar-refractivity contribution < 1.29 is 45.4 Å². The van der Waals surface area contributed by atoms with Gasteiger partial charge in [0.15, 0.2) is 5.82 Å². The zero-order chi connectivity index (χ0) is 34.1. The van der Waals surface area contributed by atoms with Crippen molar-refractivity contribution in [3.05, 3.63) is 54.3 Å². The van der Waals surface area contributed by atoms with Gasteiger partial charge < -0.3 is 15.2 Å². The quantitative estimate of drug-likeness (QED) is 0.145. The van der Waals surface area contributed by atoms with Gasteiger partial charge in [0, 0.05) is 18.5 Å². The van der Waals surface area contributed by atoms with E-state index in [1.807, 2.05) is 24.3 Å². The summed E-state index contributed by atoms with van der Waals surface area (Å²) < 4.78 is 77.7. The van der Waals surface area contributed by atoms with Crippen molar-refractivity contribution in [1.29, 1.82) is 0 Å². The van der Waals surface area contributed by atoms with Crippen molar-refractivity contribution in [2.45, 2.75) is 63.1 Å². The number of fused-ring (bicyclic) bond motifs is 1. The van der Waals surface area contributed by atoms with E-state index in [0.717, 1.165) is 48.7 Å². The molecule has 2 aromatic carbocycles. The van der Waals surface area contributed by atoms with Crippen LogP contribution >= 0.6 is 0 Å². The molecule has 5 N–H and O–H groups in total. The number of amides is 1. The first-order chi connectivity index (χ1) is 21.4. The highest BCUT2D eigenvalue weighted by molar-refractivity contribution is 7.89. The molecule has 1 aliphatic carbocycles. The molecular weight excluding hydrogens is 636 g/mol. The lowest BCUT2D eigenvalue weighted by Gasteiger charge is -2.28. The summed E-state index contributed by atoms with van der Waals surface area (Å²) in [7, 11) is -3.66. The van der Waals surface area contributed by atoms with Crippen LogP contribution in [0.1, 0.15) is 46.5 Å². The van der Waals surface area contributed by atoms with Gasteiger partial charge in [-0.25, -0.2) is 37.5 Å². The Morgan fingerprint density at radius 1 is 0.935 bits per heavy atom. The predicted octanol–water partition coefficient (Wildman–Crippen LogP) is 5.45. The first kappa shape index (κ1) is 36.2. The van der Waals surface area contributed by atoms with Gasteiger partial charge in [-0.15, -0.1) is 0 Å². The minimum absolute atomic E-state index is 0.0623. The highest BCUT2D eigenvalue weighted by Gasteiger charge is 2.38. The molecule has 1 aromatic heterocycles. The lowest BCUT2D eigenvalue weighted by molar-refractivity contribution is -0.192. The lowest BCUT2D eigenvalue weighted by atomic mass is 9.82. The van der Waals surface area contributed by atoms with Crippen LogP contribution in [0.3, 0.4) is 0 Å². The molecule has 0 atom stereocenters. The number of carbonyl (C=O) groups excluding carboxylic acids is 1. The Hall–Kier alpha value is -4.25. The molecule has 4 rings (SSSR count). The second-order valence-electron chi connectivity index (χ2n) is 11.5. The summed E-state index contributed by atoms with van der Waals surface area (Å²) in [5, 5.41) is 11.2. The third-order valence-corrected chi connectivity index (χ3v) is 8.17. The van der Waals surface area contributed by atoms with Crippen LogP contribution in [0.4, 0.5) is 34.1 Å². The van der Waals surface area contributed by atoms with E-state index < -0.39 is 39.7 Å². The van der Waals surface area contributed by atoms with E-state index in [9.17, 15) is 30.8 Å². The van der Waals surface area contributed by atoms with Gasteiger partial charge in [0.25, 0.3) is 0 Å². The van der Waals surface area contributed by atoms with E-state index in [0.29, 0.717) is 30.8 Å². The average Bonchev–Trinajstić information content (AvgIpc) is 2.97. The van der Waals surface area contributed by atoms with Crippen molar-refractivity contribution in [2.75, 3.05) is 23.8 Å². The molecule has 252 valence electrons. The number of hydrogen-bond donors (Lipinski definition) is 5. The zero-order valence-corrected chi connectivity index (χ0v) is 26.1. The molecular formula is C29H36F4N6O6S. The molecule has 0 bridgehead atoms. The highest BCUT2D eigenvalue weighted by Crippen LogP contribution is 2.29. The molecule has 17 heteroatoms. The zero-order valence-electron chi connectivity index (χ0n) is 25.3. The van der Waals surface area contributed by atoms with Crippen LogP contribution in [0.5, 0.6) is 0 Å². The SMILES string of the molecule is CC(C)(C)OC(=O)NNc1nc(NCC2CCC(CNS(=O)(=O)c3ccc(F)cc3)CC2)nc2ccccc12.O=C(O)C(F)(F)F. The van der Waals surface area contributed by atoms with Crippen molar-refractivity contribution in [1.82, 2.24) is 20.1 Å². The highest BCUT2D eigenvalue weighted by atomic mass is 32.2. The molecule has 1 fully saturated rings. The maximum Gasteiger partial charge on any atom is 0.490 e. The van der Waals surface area contributed by atoms with Crippen LogP contribution in [0.15, 0.2) is 53.4 Å². The van der Waals surface area contributed by atoms with Gasteiger partial charge in [-0.05, 0) is 94.7 Å². The maximum absolute atomic E-state index is 13.1. The fraction of sp³-hybridized carbons (Fsp3) is 0.448. The molecule has 0 aliphatic heterocycles. The number of hydrazine groups is 1. The molecule has 46 heavy (non-hydrogen) atoms. The van der Waals surface area contributed by atoms with E-state index in [-0.39, 0.29) is 10.8 Å². The number of ether oxygens (including phenoxy) is 1. The van der Waals surface area contributed by atoms with Gasteiger partial charge in [-0.1, -0.05) is 12.1 Å². The smallest absolute Gasteiger partial charge is 0.475 e. The standard InChI is InChI=1S/C27H35FN6O4S.C2HF3O2/c1-27(2,3)38-26(35)34-33-24-22-6-4-5-7-23(22)31-25(32-24)29-16-18-8-10-19(11-9-18)17-30-39(36,37)21-14-12-20(28)13-15-21;3-2(4,5)1(6)7/h4-7,12-15,18-19,30H,8-11,16-17H2,1-3H3,(H,34,35)(H2,29,31,32,33);(H,6,7). The Bertz CT molecular complexity index is 1590. The largest absolute Gasteiger partial charge is 0.490 e. The number of nitrogens with one attached hydrogen (secondary N) is 4. The number of rotatable bonds is 9.